The standard InChI is InChI=1S/C13H22N2O/c1-10-7-12(8-11(2)13(10)14)9-15-3-5-16-6-4-15/h7,11-12,14H,3-6,8-9H2,1-2H3. The molecule has 0 spiro atoms. The Morgan fingerprint density at radius 3 is 2.75 bits per heavy atom. The second-order valence-electron chi connectivity index (χ2n) is 5.07. The summed E-state index contributed by atoms with van der Waals surface area (Å²) in [6, 6.07) is 0. The van der Waals surface area contributed by atoms with E-state index in [1.165, 1.54) is 5.57 Å². The maximum absolute atomic E-state index is 7.91. The van der Waals surface area contributed by atoms with E-state index in [0.29, 0.717) is 11.8 Å². The molecule has 0 aromatic carbocycles. The van der Waals surface area contributed by atoms with Crippen LogP contribution in [0.3, 0.4) is 0 Å². The minimum atomic E-state index is 0.427. The molecule has 2 atom stereocenters. The van der Waals surface area contributed by atoms with Crippen molar-refractivity contribution < 1.29 is 4.74 Å². The van der Waals surface area contributed by atoms with Gasteiger partial charge in [0.05, 0.1) is 13.2 Å². The molecule has 3 nitrogen and oxygen atoms in total. The molecule has 90 valence electrons. The summed E-state index contributed by atoms with van der Waals surface area (Å²) < 4.78 is 5.36. The van der Waals surface area contributed by atoms with E-state index in [1.54, 1.807) is 0 Å². The Kier molecular flexibility index (Phi) is 3.77. The maximum atomic E-state index is 7.91. The van der Waals surface area contributed by atoms with Gasteiger partial charge in [0.15, 0.2) is 0 Å². The highest BCUT2D eigenvalue weighted by atomic mass is 16.5. The zero-order valence-electron chi connectivity index (χ0n) is 10.3. The van der Waals surface area contributed by atoms with Gasteiger partial charge in [0.25, 0.3) is 0 Å². The van der Waals surface area contributed by atoms with E-state index in [9.17, 15) is 0 Å². The van der Waals surface area contributed by atoms with Crippen molar-refractivity contribution in [2.75, 3.05) is 32.8 Å². The summed E-state index contributed by atoms with van der Waals surface area (Å²) in [6.45, 7) is 9.26. The van der Waals surface area contributed by atoms with Crippen LogP contribution < -0.4 is 0 Å². The van der Waals surface area contributed by atoms with Crippen molar-refractivity contribution in [3.05, 3.63) is 11.6 Å². The van der Waals surface area contributed by atoms with Crippen LogP contribution in [0.4, 0.5) is 0 Å². The SMILES string of the molecule is CC1=CC(CN2CCOCC2)CC(C)C1=N. The zero-order valence-corrected chi connectivity index (χ0v) is 10.3. The molecule has 2 unspecified atom stereocenters. The lowest BCUT2D eigenvalue weighted by Crippen LogP contribution is -2.40. The minimum Gasteiger partial charge on any atom is -0.379 e. The average Bonchev–Trinajstić information content (AvgIpc) is 2.27. The molecule has 1 aliphatic heterocycles. The fourth-order valence-corrected chi connectivity index (χ4v) is 2.71. The summed E-state index contributed by atoms with van der Waals surface area (Å²) in [5.74, 6) is 1.05. The van der Waals surface area contributed by atoms with Gasteiger partial charge in [0.2, 0.25) is 0 Å². The second-order valence-corrected chi connectivity index (χ2v) is 5.07. The maximum Gasteiger partial charge on any atom is 0.0594 e. The monoisotopic (exact) mass is 222 g/mol. The van der Waals surface area contributed by atoms with Crippen LogP contribution in [0.2, 0.25) is 0 Å². The number of hydrogen-bond acceptors (Lipinski definition) is 3. The molecule has 1 aliphatic carbocycles. The van der Waals surface area contributed by atoms with Gasteiger partial charge in [-0.1, -0.05) is 13.0 Å². The first-order valence-corrected chi connectivity index (χ1v) is 6.24. The lowest BCUT2D eigenvalue weighted by molar-refractivity contribution is 0.0324. The van der Waals surface area contributed by atoms with Gasteiger partial charge < -0.3 is 10.1 Å². The van der Waals surface area contributed by atoms with E-state index in [-0.39, 0.29) is 0 Å². The van der Waals surface area contributed by atoms with Gasteiger partial charge in [0.1, 0.15) is 0 Å². The number of hydrogen-bond donors (Lipinski definition) is 1. The first-order valence-electron chi connectivity index (χ1n) is 6.24. The summed E-state index contributed by atoms with van der Waals surface area (Å²) in [5, 5.41) is 7.91. The topological polar surface area (TPSA) is 36.3 Å². The number of allylic oxidation sites excluding steroid dienone is 1. The van der Waals surface area contributed by atoms with Gasteiger partial charge in [-0.05, 0) is 30.8 Å². The predicted octanol–water partition coefficient (Wildman–Crippen LogP) is 1.94. The first-order chi connectivity index (χ1) is 7.66. The Morgan fingerprint density at radius 2 is 2.12 bits per heavy atom. The lowest BCUT2D eigenvalue weighted by atomic mass is 9.82. The van der Waals surface area contributed by atoms with Gasteiger partial charge in [-0.25, -0.2) is 0 Å². The number of morpholine rings is 1. The first kappa shape index (κ1) is 11.8. The third kappa shape index (κ3) is 2.71. The van der Waals surface area contributed by atoms with Crippen molar-refractivity contribution in [2.45, 2.75) is 20.3 Å². The van der Waals surface area contributed by atoms with Crippen LogP contribution in [0, 0.1) is 17.2 Å². The van der Waals surface area contributed by atoms with E-state index in [0.717, 1.165) is 45.0 Å². The highest BCUT2D eigenvalue weighted by molar-refractivity contribution is 5.99. The molecule has 1 fully saturated rings. The Bertz CT molecular complexity index is 292. The summed E-state index contributed by atoms with van der Waals surface area (Å²) in [4.78, 5) is 2.49. The fraction of sp³-hybridized carbons (Fsp3) is 0.769. The van der Waals surface area contributed by atoms with Gasteiger partial charge in [-0.2, -0.15) is 0 Å². The van der Waals surface area contributed by atoms with Gasteiger partial charge in [0, 0.05) is 25.3 Å². The number of rotatable bonds is 2. The summed E-state index contributed by atoms with van der Waals surface area (Å²) in [6.07, 6.45) is 3.42. The summed E-state index contributed by atoms with van der Waals surface area (Å²) >= 11 is 0. The molecule has 1 heterocycles. The van der Waals surface area contributed by atoms with E-state index in [4.69, 9.17) is 10.1 Å². The molecule has 3 heteroatoms. The second kappa shape index (κ2) is 5.11. The predicted molar refractivity (Wildman–Crippen MR) is 66.0 cm³/mol. The van der Waals surface area contributed by atoms with Crippen LogP contribution in [0.1, 0.15) is 20.3 Å². The number of nitrogens with zero attached hydrogens (tertiary/aromatic N) is 1. The molecule has 0 amide bonds. The van der Waals surface area contributed by atoms with Crippen LogP contribution in [0.5, 0.6) is 0 Å². The van der Waals surface area contributed by atoms with E-state index in [2.05, 4.69) is 24.8 Å². The molecule has 0 aromatic heterocycles. The highest BCUT2D eigenvalue weighted by Gasteiger charge is 2.24. The molecule has 2 aliphatic rings. The Hall–Kier alpha value is -0.670. The fourth-order valence-electron chi connectivity index (χ4n) is 2.71. The Morgan fingerprint density at radius 1 is 1.44 bits per heavy atom. The largest absolute Gasteiger partial charge is 0.379 e. The third-order valence-corrected chi connectivity index (χ3v) is 3.66. The van der Waals surface area contributed by atoms with Gasteiger partial charge in [-0.3, -0.25) is 4.90 Å². The quantitative estimate of drug-likeness (QED) is 0.775. The molecule has 2 rings (SSSR count). The normalized spacial score (nSPS) is 32.6. The van der Waals surface area contributed by atoms with E-state index >= 15 is 0 Å². The highest BCUT2D eigenvalue weighted by Crippen LogP contribution is 2.26. The van der Waals surface area contributed by atoms with Crippen LogP contribution in [0.15, 0.2) is 11.6 Å². The number of ether oxygens (including phenoxy) is 1. The van der Waals surface area contributed by atoms with Crippen molar-refractivity contribution in [3.63, 3.8) is 0 Å². The van der Waals surface area contributed by atoms with E-state index < -0.39 is 0 Å². The molecule has 0 saturated carbocycles. The number of nitrogens with one attached hydrogen (secondary N) is 1. The van der Waals surface area contributed by atoms with Crippen molar-refractivity contribution in [2.24, 2.45) is 11.8 Å². The molecule has 0 bridgehead atoms. The molecule has 1 saturated heterocycles. The zero-order chi connectivity index (χ0) is 11.5. The van der Waals surface area contributed by atoms with Crippen LogP contribution in [-0.2, 0) is 4.74 Å². The van der Waals surface area contributed by atoms with Gasteiger partial charge >= 0.3 is 0 Å². The van der Waals surface area contributed by atoms with Gasteiger partial charge in [-0.15, -0.1) is 0 Å². The summed E-state index contributed by atoms with van der Waals surface area (Å²) in [7, 11) is 0. The smallest absolute Gasteiger partial charge is 0.0594 e. The third-order valence-electron chi connectivity index (χ3n) is 3.66. The molecular weight excluding hydrogens is 200 g/mol. The van der Waals surface area contributed by atoms with Crippen LogP contribution in [0.25, 0.3) is 0 Å². The minimum absolute atomic E-state index is 0.427. The molecule has 1 N–H and O–H groups in total. The van der Waals surface area contributed by atoms with Crippen molar-refractivity contribution in [1.29, 1.82) is 5.41 Å². The van der Waals surface area contributed by atoms with Crippen LogP contribution >= 0.6 is 0 Å². The molecular formula is C13H22N2O. The lowest BCUT2D eigenvalue weighted by Gasteiger charge is -2.32. The molecule has 0 radical (unpaired) electrons. The van der Waals surface area contributed by atoms with Crippen molar-refractivity contribution in [1.82, 2.24) is 4.90 Å². The summed E-state index contributed by atoms with van der Waals surface area (Å²) in [5.41, 5.74) is 2.01. The van der Waals surface area contributed by atoms with Crippen molar-refractivity contribution >= 4 is 5.71 Å². The Balaban J connectivity index is 1.92. The molecule has 16 heavy (non-hydrogen) atoms. The van der Waals surface area contributed by atoms with E-state index in [1.807, 2.05) is 0 Å². The Labute approximate surface area is 98.0 Å². The van der Waals surface area contributed by atoms with Crippen molar-refractivity contribution in [3.8, 4) is 0 Å². The van der Waals surface area contributed by atoms with Crippen LogP contribution in [-0.4, -0.2) is 43.5 Å². The average molecular weight is 222 g/mol. The molecule has 0 aromatic rings.